The smallest absolute Gasteiger partial charge is 0.337 e. The van der Waals surface area contributed by atoms with Crippen LogP contribution in [-0.4, -0.2) is 32.6 Å². The van der Waals surface area contributed by atoms with E-state index in [1.165, 1.54) is 12.5 Å². The summed E-state index contributed by atoms with van der Waals surface area (Å²) in [6.45, 7) is 0.779. The Balaban J connectivity index is 1.81. The fourth-order valence-electron chi connectivity index (χ4n) is 3.06. The van der Waals surface area contributed by atoms with Crippen molar-refractivity contribution in [2.45, 2.75) is 12.8 Å². The lowest BCUT2D eigenvalue weighted by Gasteiger charge is -2.30. The molecule has 0 fully saturated rings. The highest BCUT2D eigenvalue weighted by atomic mass is 16.4. The maximum atomic E-state index is 11.8. The maximum Gasteiger partial charge on any atom is 0.337 e. The molecule has 0 unspecified atom stereocenters. The molecule has 2 N–H and O–H groups in total. The molecule has 1 aromatic carbocycles. The van der Waals surface area contributed by atoms with E-state index < -0.39 is 5.97 Å². The Morgan fingerprint density at radius 3 is 2.96 bits per heavy atom. The summed E-state index contributed by atoms with van der Waals surface area (Å²) in [7, 11) is 0. The molecule has 24 heavy (non-hydrogen) atoms. The van der Waals surface area contributed by atoms with Gasteiger partial charge in [-0.25, -0.2) is 14.8 Å². The zero-order valence-electron chi connectivity index (χ0n) is 12.7. The average Bonchev–Trinajstić information content (AvgIpc) is 2.60. The number of aryl methyl sites for hydroxylation is 1. The number of nitrogens with one attached hydrogen (secondary N) is 1. The minimum atomic E-state index is -0.975. The van der Waals surface area contributed by atoms with Crippen molar-refractivity contribution in [3.63, 3.8) is 0 Å². The summed E-state index contributed by atoms with van der Waals surface area (Å²) in [5.74, 6) is -0.216. The number of nitrogens with zero attached hydrogens (tertiary/aromatic N) is 3. The third kappa shape index (κ3) is 2.30. The van der Waals surface area contributed by atoms with E-state index in [1.54, 1.807) is 12.1 Å². The highest BCUT2D eigenvalue weighted by Crippen LogP contribution is 2.32. The average molecular weight is 322 g/mol. The highest BCUT2D eigenvalue weighted by molar-refractivity contribution is 5.88. The summed E-state index contributed by atoms with van der Waals surface area (Å²) in [6.07, 6.45) is 4.46. The van der Waals surface area contributed by atoms with Crippen LogP contribution in [0.3, 0.4) is 0 Å². The molecule has 0 amide bonds. The summed E-state index contributed by atoms with van der Waals surface area (Å²) >= 11 is 0. The van der Waals surface area contributed by atoms with Crippen LogP contribution in [0.25, 0.3) is 10.9 Å². The Kier molecular flexibility index (Phi) is 3.26. The van der Waals surface area contributed by atoms with Gasteiger partial charge in [0.05, 0.1) is 22.8 Å². The first-order valence-corrected chi connectivity index (χ1v) is 7.61. The van der Waals surface area contributed by atoms with Crippen molar-refractivity contribution in [2.75, 3.05) is 11.4 Å². The van der Waals surface area contributed by atoms with Gasteiger partial charge >= 0.3 is 5.97 Å². The quantitative estimate of drug-likeness (QED) is 0.749. The molecule has 0 saturated carbocycles. The van der Waals surface area contributed by atoms with Gasteiger partial charge in [-0.3, -0.25) is 4.79 Å². The Labute approximate surface area is 136 Å². The summed E-state index contributed by atoms with van der Waals surface area (Å²) in [6, 6.07) is 7.14. The van der Waals surface area contributed by atoms with Crippen LogP contribution in [0.1, 0.15) is 22.3 Å². The van der Waals surface area contributed by atoms with Gasteiger partial charge in [0, 0.05) is 18.4 Å². The van der Waals surface area contributed by atoms with E-state index in [9.17, 15) is 9.59 Å². The SMILES string of the molecule is O=C(O)c1cnc2c(c1)CCCN2c1ccc2c(=O)[nH]cnc2c1. The van der Waals surface area contributed by atoms with Crippen LogP contribution in [0.2, 0.25) is 0 Å². The molecule has 2 aromatic heterocycles. The molecule has 0 spiro atoms. The number of carboxylic acid groups (broad SMARTS) is 1. The van der Waals surface area contributed by atoms with Gasteiger partial charge in [0.15, 0.2) is 0 Å². The lowest BCUT2D eigenvalue weighted by Crippen LogP contribution is -2.26. The number of hydrogen-bond donors (Lipinski definition) is 2. The number of aromatic carboxylic acids is 1. The molecule has 3 heterocycles. The topological polar surface area (TPSA) is 99.2 Å². The van der Waals surface area contributed by atoms with Crippen LogP contribution in [0, 0.1) is 0 Å². The fraction of sp³-hybridized carbons (Fsp3) is 0.176. The highest BCUT2D eigenvalue weighted by Gasteiger charge is 2.21. The van der Waals surface area contributed by atoms with Crippen LogP contribution < -0.4 is 10.5 Å². The normalized spacial score (nSPS) is 13.8. The number of benzene rings is 1. The Bertz CT molecular complexity index is 1010. The molecule has 0 bridgehead atoms. The number of pyridine rings is 1. The third-order valence-electron chi connectivity index (χ3n) is 4.21. The molecule has 7 heteroatoms. The zero-order valence-corrected chi connectivity index (χ0v) is 12.7. The Morgan fingerprint density at radius 1 is 1.25 bits per heavy atom. The Hall–Kier alpha value is -3.22. The minimum absolute atomic E-state index is 0.171. The molecule has 0 atom stereocenters. The first-order valence-electron chi connectivity index (χ1n) is 7.61. The summed E-state index contributed by atoms with van der Waals surface area (Å²) < 4.78 is 0. The summed E-state index contributed by atoms with van der Waals surface area (Å²) in [4.78, 5) is 36.1. The van der Waals surface area contributed by atoms with E-state index in [4.69, 9.17) is 5.11 Å². The number of rotatable bonds is 2. The van der Waals surface area contributed by atoms with Crippen molar-refractivity contribution in [3.8, 4) is 0 Å². The van der Waals surface area contributed by atoms with E-state index in [-0.39, 0.29) is 11.1 Å². The molecule has 0 aliphatic carbocycles. The molecule has 1 aliphatic rings. The van der Waals surface area contributed by atoms with Gasteiger partial charge < -0.3 is 15.0 Å². The molecular formula is C17H14N4O3. The number of carbonyl (C=O) groups is 1. The summed E-state index contributed by atoms with van der Waals surface area (Å²) in [5.41, 5.74) is 2.44. The summed E-state index contributed by atoms with van der Waals surface area (Å²) in [5, 5.41) is 9.65. The minimum Gasteiger partial charge on any atom is -0.478 e. The van der Waals surface area contributed by atoms with Crippen molar-refractivity contribution >= 4 is 28.4 Å². The van der Waals surface area contributed by atoms with Crippen LogP contribution in [0.15, 0.2) is 41.6 Å². The van der Waals surface area contributed by atoms with Crippen LogP contribution in [-0.2, 0) is 6.42 Å². The second-order valence-electron chi connectivity index (χ2n) is 5.70. The lowest BCUT2D eigenvalue weighted by molar-refractivity contribution is 0.0696. The van der Waals surface area contributed by atoms with Gasteiger partial charge in [-0.05, 0) is 42.7 Å². The molecular weight excluding hydrogens is 308 g/mol. The number of aromatic nitrogens is 3. The fourth-order valence-corrected chi connectivity index (χ4v) is 3.06. The largest absolute Gasteiger partial charge is 0.478 e. The molecule has 4 rings (SSSR count). The second-order valence-corrected chi connectivity index (χ2v) is 5.70. The van der Waals surface area contributed by atoms with E-state index >= 15 is 0 Å². The number of H-pyrrole nitrogens is 1. The van der Waals surface area contributed by atoms with Crippen LogP contribution in [0.5, 0.6) is 0 Å². The zero-order chi connectivity index (χ0) is 16.7. The van der Waals surface area contributed by atoms with E-state index in [1.807, 2.05) is 17.0 Å². The first-order chi connectivity index (χ1) is 11.6. The first kappa shape index (κ1) is 14.4. The number of fused-ring (bicyclic) bond motifs is 2. The number of carboxylic acids is 1. The second kappa shape index (κ2) is 5.45. The maximum absolute atomic E-state index is 11.8. The van der Waals surface area contributed by atoms with Gasteiger partial charge in [-0.1, -0.05) is 0 Å². The van der Waals surface area contributed by atoms with Crippen molar-refractivity contribution in [1.82, 2.24) is 15.0 Å². The van der Waals surface area contributed by atoms with E-state index in [2.05, 4.69) is 15.0 Å². The molecule has 0 radical (unpaired) electrons. The standard InChI is InChI=1S/C17H14N4O3/c22-16-13-4-3-12(7-14(13)19-9-20-16)21-5-1-2-10-6-11(17(23)24)8-18-15(10)21/h3-4,6-9H,1-2,5H2,(H,23,24)(H,19,20,22). The van der Waals surface area contributed by atoms with Gasteiger partial charge in [-0.2, -0.15) is 0 Å². The third-order valence-corrected chi connectivity index (χ3v) is 4.21. The predicted molar refractivity (Wildman–Crippen MR) is 88.9 cm³/mol. The van der Waals surface area contributed by atoms with Gasteiger partial charge in [0.2, 0.25) is 0 Å². The van der Waals surface area contributed by atoms with Crippen molar-refractivity contribution < 1.29 is 9.90 Å². The molecule has 3 aromatic rings. The van der Waals surface area contributed by atoms with E-state index in [0.29, 0.717) is 10.9 Å². The number of aromatic amines is 1. The lowest BCUT2D eigenvalue weighted by atomic mass is 10.0. The van der Waals surface area contributed by atoms with Crippen molar-refractivity contribution in [2.24, 2.45) is 0 Å². The van der Waals surface area contributed by atoms with Gasteiger partial charge in [-0.15, -0.1) is 0 Å². The molecule has 120 valence electrons. The van der Waals surface area contributed by atoms with Crippen molar-refractivity contribution in [1.29, 1.82) is 0 Å². The van der Waals surface area contributed by atoms with Crippen molar-refractivity contribution in [3.05, 3.63) is 58.3 Å². The van der Waals surface area contributed by atoms with Gasteiger partial charge in [0.25, 0.3) is 5.56 Å². The molecule has 7 nitrogen and oxygen atoms in total. The van der Waals surface area contributed by atoms with Crippen LogP contribution >= 0.6 is 0 Å². The Morgan fingerprint density at radius 2 is 2.12 bits per heavy atom. The number of anilines is 2. The van der Waals surface area contributed by atoms with Crippen LogP contribution in [0.4, 0.5) is 11.5 Å². The predicted octanol–water partition coefficient (Wildman–Crippen LogP) is 2.10. The monoisotopic (exact) mass is 322 g/mol. The van der Waals surface area contributed by atoms with E-state index in [0.717, 1.165) is 36.5 Å². The van der Waals surface area contributed by atoms with Gasteiger partial charge in [0.1, 0.15) is 5.82 Å². The number of hydrogen-bond acceptors (Lipinski definition) is 5. The molecule has 1 aliphatic heterocycles. The molecule has 0 saturated heterocycles.